The molecule has 1 amide bonds. The molecule has 0 saturated carbocycles. The highest BCUT2D eigenvalue weighted by molar-refractivity contribution is 7.15. The van der Waals surface area contributed by atoms with Gasteiger partial charge in [0.05, 0.1) is 26.1 Å². The fraction of sp³-hybridized carbons (Fsp3) is 0.222. The Morgan fingerprint density at radius 3 is 2.73 bits per heavy atom. The molecule has 0 bridgehead atoms. The first-order valence-corrected chi connectivity index (χ1v) is 13.2. The minimum atomic E-state index is -0.668. The molecule has 0 fully saturated rings. The molecule has 210 valence electrons. The number of carbonyl (C=O) groups excluding carboxylic acids is 1. The first-order chi connectivity index (χ1) is 20.0. The second kappa shape index (κ2) is 10.9. The number of hydrogen-bond acceptors (Lipinski definition) is 11. The number of amides is 1. The molecule has 2 aliphatic heterocycles. The van der Waals surface area contributed by atoms with Gasteiger partial charge in [0.1, 0.15) is 17.6 Å². The third kappa shape index (κ3) is 4.93. The number of methoxy groups -OCH3 is 2. The molecular formula is C27H22FN5O7S. The number of nitrogens with one attached hydrogen (secondary N) is 1. The third-order valence-electron chi connectivity index (χ3n) is 6.52. The maximum Gasteiger partial charge on any atom is 0.290 e. The second-order valence-corrected chi connectivity index (χ2v) is 9.81. The monoisotopic (exact) mass is 579 g/mol. The van der Waals surface area contributed by atoms with Crippen molar-refractivity contribution >= 4 is 34.1 Å². The van der Waals surface area contributed by atoms with Gasteiger partial charge in [-0.3, -0.25) is 14.0 Å². The van der Waals surface area contributed by atoms with Gasteiger partial charge >= 0.3 is 0 Å². The molecule has 2 aromatic heterocycles. The van der Waals surface area contributed by atoms with Gasteiger partial charge in [0.15, 0.2) is 16.5 Å². The molecule has 0 radical (unpaired) electrons. The minimum Gasteiger partial charge on any atom is -0.492 e. The summed E-state index contributed by atoms with van der Waals surface area (Å²) in [6.07, 6.45) is 3.32. The van der Waals surface area contributed by atoms with Crippen LogP contribution in [0.2, 0.25) is 0 Å². The molecule has 6 rings (SSSR count). The van der Waals surface area contributed by atoms with Gasteiger partial charge in [0.25, 0.3) is 11.5 Å². The smallest absolute Gasteiger partial charge is 0.290 e. The molecule has 1 atom stereocenters. The molecular weight excluding hydrogens is 557 g/mol. The number of benzene rings is 2. The molecule has 0 spiro atoms. The van der Waals surface area contributed by atoms with Crippen LogP contribution in [0.3, 0.4) is 0 Å². The van der Waals surface area contributed by atoms with E-state index in [1.165, 1.54) is 48.3 Å². The average molecular weight is 580 g/mol. The Morgan fingerprint density at radius 1 is 1.22 bits per heavy atom. The number of thiazole rings is 1. The zero-order chi connectivity index (χ0) is 28.5. The van der Waals surface area contributed by atoms with Crippen molar-refractivity contribution < 1.29 is 33.0 Å². The molecule has 0 aliphatic carbocycles. The number of oxime groups is 1. The van der Waals surface area contributed by atoms with Gasteiger partial charge in [-0.2, -0.15) is 5.10 Å². The zero-order valence-corrected chi connectivity index (χ0v) is 22.6. The van der Waals surface area contributed by atoms with Crippen LogP contribution in [0.5, 0.6) is 23.0 Å². The van der Waals surface area contributed by atoms with Crippen LogP contribution in [-0.2, 0) is 11.3 Å². The van der Waals surface area contributed by atoms with E-state index < -0.39 is 12.0 Å². The fourth-order valence-corrected chi connectivity index (χ4v) is 5.36. The molecule has 4 aromatic rings. The number of hydrogen-bond donors (Lipinski definition) is 1. The maximum absolute atomic E-state index is 13.4. The van der Waals surface area contributed by atoms with E-state index in [-0.39, 0.29) is 23.9 Å². The zero-order valence-electron chi connectivity index (χ0n) is 21.8. The molecule has 2 aliphatic rings. The number of fused-ring (bicyclic) bond motifs is 2. The first-order valence-electron chi connectivity index (χ1n) is 12.3. The summed E-state index contributed by atoms with van der Waals surface area (Å²) in [4.78, 5) is 35.4. The Morgan fingerprint density at radius 2 is 1.98 bits per heavy atom. The topological polar surface area (TPSA) is 134 Å². The summed E-state index contributed by atoms with van der Waals surface area (Å²) in [6, 6.07) is 7.15. The Kier molecular flexibility index (Phi) is 6.97. The van der Waals surface area contributed by atoms with E-state index in [9.17, 15) is 14.0 Å². The van der Waals surface area contributed by atoms with Gasteiger partial charge in [-0.1, -0.05) is 17.3 Å². The summed E-state index contributed by atoms with van der Waals surface area (Å²) < 4.78 is 37.4. The highest BCUT2D eigenvalue weighted by atomic mass is 32.1. The van der Waals surface area contributed by atoms with E-state index in [1.54, 1.807) is 23.7 Å². The van der Waals surface area contributed by atoms with Crippen molar-refractivity contribution in [2.24, 2.45) is 10.3 Å². The summed E-state index contributed by atoms with van der Waals surface area (Å²) in [6.45, 7) is -0.0387. The highest BCUT2D eigenvalue weighted by Crippen LogP contribution is 2.52. The number of hydrazone groups is 1. The van der Waals surface area contributed by atoms with E-state index in [0.717, 1.165) is 11.6 Å². The lowest BCUT2D eigenvalue weighted by Crippen LogP contribution is -2.23. The number of ether oxygens (including phenoxy) is 4. The van der Waals surface area contributed by atoms with Gasteiger partial charge in [-0.25, -0.2) is 14.8 Å². The second-order valence-electron chi connectivity index (χ2n) is 8.94. The third-order valence-corrected chi connectivity index (χ3v) is 7.27. The predicted octanol–water partition coefficient (Wildman–Crippen LogP) is 3.14. The molecule has 2 aromatic carbocycles. The average Bonchev–Trinajstić information content (AvgIpc) is 3.75. The molecule has 12 nitrogen and oxygen atoms in total. The Hall–Kier alpha value is -4.98. The number of rotatable bonds is 8. The van der Waals surface area contributed by atoms with Crippen LogP contribution in [-0.4, -0.2) is 54.3 Å². The van der Waals surface area contributed by atoms with Crippen molar-refractivity contribution in [3.63, 3.8) is 0 Å². The van der Waals surface area contributed by atoms with Crippen molar-refractivity contribution in [2.45, 2.75) is 18.9 Å². The molecule has 1 unspecified atom stereocenters. The number of halogens is 1. The van der Waals surface area contributed by atoms with E-state index >= 15 is 0 Å². The normalized spacial score (nSPS) is 15.7. The lowest BCUT2D eigenvalue weighted by atomic mass is 9.95. The van der Waals surface area contributed by atoms with Crippen LogP contribution in [0.15, 0.2) is 57.0 Å². The summed E-state index contributed by atoms with van der Waals surface area (Å²) in [5.41, 5.74) is 4.45. The summed E-state index contributed by atoms with van der Waals surface area (Å²) in [5.74, 6) is 0.400. The maximum atomic E-state index is 13.4. The van der Waals surface area contributed by atoms with Crippen LogP contribution in [0.25, 0.3) is 4.96 Å². The Balaban J connectivity index is 1.30. The van der Waals surface area contributed by atoms with Crippen molar-refractivity contribution in [3.05, 3.63) is 80.5 Å². The van der Waals surface area contributed by atoms with Gasteiger partial charge < -0.3 is 23.8 Å². The molecule has 4 heterocycles. The molecule has 14 heteroatoms. The van der Waals surface area contributed by atoms with E-state index in [2.05, 4.69) is 20.7 Å². The van der Waals surface area contributed by atoms with Gasteiger partial charge in [-0.05, 0) is 17.7 Å². The van der Waals surface area contributed by atoms with E-state index in [1.807, 2.05) is 0 Å². The Labute approximate surface area is 235 Å². The first kappa shape index (κ1) is 26.3. The van der Waals surface area contributed by atoms with Crippen LogP contribution in [0.1, 0.15) is 33.6 Å². The lowest BCUT2D eigenvalue weighted by molar-refractivity contribution is 0.0853. The SMILES string of the molecule is COc1c(/C=N/NC(=O)c2cc(=O)n3ccsc3n2)c(CC2CC(c3ccc(F)cc3)=NO2)c(OC)c2c1OCO2. The van der Waals surface area contributed by atoms with Crippen LogP contribution >= 0.6 is 11.3 Å². The highest BCUT2D eigenvalue weighted by Gasteiger charge is 2.34. The van der Waals surface area contributed by atoms with Gasteiger partial charge in [-0.15, -0.1) is 11.3 Å². The standard InChI is InChI=1S/C27H22FN5O7S/c1-36-22-17(9-16-10-19(32-40-16)14-3-5-15(28)6-4-14)18(23(37-2)25-24(22)38-13-39-25)12-29-31-26(35)20-11-21(34)33-7-8-41-27(33)30-20/h3-8,11-12,16H,9-10,13H2,1-2H3,(H,31,35)/b29-12+. The molecule has 41 heavy (non-hydrogen) atoms. The number of carbonyl (C=O) groups is 1. The molecule has 1 N–H and O–H groups in total. The number of aromatic nitrogens is 2. The summed E-state index contributed by atoms with van der Waals surface area (Å²) >= 11 is 1.23. The van der Waals surface area contributed by atoms with Crippen molar-refractivity contribution in [1.29, 1.82) is 0 Å². The predicted molar refractivity (Wildman–Crippen MR) is 146 cm³/mol. The van der Waals surface area contributed by atoms with Crippen molar-refractivity contribution in [1.82, 2.24) is 14.8 Å². The summed E-state index contributed by atoms with van der Waals surface area (Å²) in [7, 11) is 2.97. The Bertz CT molecular complexity index is 1770. The minimum absolute atomic E-state index is 0.0387. The van der Waals surface area contributed by atoms with Gasteiger partial charge in [0.2, 0.25) is 18.3 Å². The van der Waals surface area contributed by atoms with Gasteiger partial charge in [0, 0.05) is 41.6 Å². The lowest BCUT2D eigenvalue weighted by Gasteiger charge is -2.19. The fourth-order valence-electron chi connectivity index (χ4n) is 4.64. The van der Waals surface area contributed by atoms with Crippen LogP contribution in [0, 0.1) is 5.82 Å². The van der Waals surface area contributed by atoms with Crippen molar-refractivity contribution in [2.75, 3.05) is 21.0 Å². The largest absolute Gasteiger partial charge is 0.492 e. The van der Waals surface area contributed by atoms with Crippen LogP contribution in [0.4, 0.5) is 4.39 Å². The molecule has 0 saturated heterocycles. The van der Waals surface area contributed by atoms with E-state index in [0.29, 0.717) is 57.6 Å². The van der Waals surface area contributed by atoms with Crippen LogP contribution < -0.4 is 29.9 Å². The summed E-state index contributed by atoms with van der Waals surface area (Å²) in [5, 5.41) is 10.0. The van der Waals surface area contributed by atoms with Crippen molar-refractivity contribution in [3.8, 4) is 23.0 Å². The van der Waals surface area contributed by atoms with E-state index in [4.69, 9.17) is 23.8 Å². The number of nitrogens with zero attached hydrogens (tertiary/aromatic N) is 4. The quantitative estimate of drug-likeness (QED) is 0.249.